The van der Waals surface area contributed by atoms with Gasteiger partial charge in [-0.3, -0.25) is 4.90 Å². The summed E-state index contributed by atoms with van der Waals surface area (Å²) in [6.45, 7) is 5.74. The number of ether oxygens (including phenoxy) is 2. The Morgan fingerprint density at radius 1 is 1.41 bits per heavy atom. The molecule has 0 aromatic heterocycles. The number of benzene rings is 1. The zero-order chi connectivity index (χ0) is 15.4. The molecule has 1 aromatic rings. The van der Waals surface area contributed by atoms with Crippen LogP contribution in [-0.4, -0.2) is 55.1 Å². The molecule has 0 radical (unpaired) electrons. The third-order valence-corrected chi connectivity index (χ3v) is 4.80. The van der Waals surface area contributed by atoms with Crippen molar-refractivity contribution in [1.29, 1.82) is 0 Å². The van der Waals surface area contributed by atoms with Crippen molar-refractivity contribution in [2.45, 2.75) is 44.4 Å². The fraction of sp³-hybridized carbons (Fsp3) is 0.667. The number of hydrogen-bond acceptors (Lipinski definition) is 4. The van der Waals surface area contributed by atoms with E-state index in [9.17, 15) is 5.11 Å². The van der Waals surface area contributed by atoms with Crippen LogP contribution < -0.4 is 0 Å². The minimum atomic E-state index is -0.436. The molecule has 122 valence electrons. The van der Waals surface area contributed by atoms with Gasteiger partial charge in [-0.2, -0.15) is 0 Å². The van der Waals surface area contributed by atoms with Crippen LogP contribution in [0.5, 0.6) is 0 Å². The Bertz CT molecular complexity index is 473. The van der Waals surface area contributed by atoms with E-state index in [1.165, 1.54) is 11.1 Å². The van der Waals surface area contributed by atoms with Crippen molar-refractivity contribution < 1.29 is 14.6 Å². The molecule has 3 rings (SSSR count). The molecule has 22 heavy (non-hydrogen) atoms. The van der Waals surface area contributed by atoms with Gasteiger partial charge in [0.1, 0.15) is 0 Å². The van der Waals surface area contributed by atoms with Crippen LogP contribution in [0.1, 0.15) is 36.9 Å². The summed E-state index contributed by atoms with van der Waals surface area (Å²) in [6.07, 6.45) is 3.06. The van der Waals surface area contributed by atoms with Gasteiger partial charge in [-0.15, -0.1) is 0 Å². The lowest BCUT2D eigenvalue weighted by atomic mass is 9.93. The van der Waals surface area contributed by atoms with E-state index in [-0.39, 0.29) is 6.10 Å². The molecule has 2 aliphatic heterocycles. The van der Waals surface area contributed by atoms with Crippen molar-refractivity contribution >= 4 is 0 Å². The minimum absolute atomic E-state index is 0.230. The van der Waals surface area contributed by atoms with Gasteiger partial charge in [-0.25, -0.2) is 0 Å². The summed E-state index contributed by atoms with van der Waals surface area (Å²) in [6, 6.07) is 8.98. The second-order valence-corrected chi connectivity index (χ2v) is 6.45. The van der Waals surface area contributed by atoms with Gasteiger partial charge in [0.25, 0.3) is 0 Å². The first-order valence-corrected chi connectivity index (χ1v) is 8.43. The van der Waals surface area contributed by atoms with Gasteiger partial charge >= 0.3 is 0 Å². The Morgan fingerprint density at radius 2 is 2.27 bits per heavy atom. The lowest BCUT2D eigenvalue weighted by Gasteiger charge is -2.36. The van der Waals surface area contributed by atoms with E-state index >= 15 is 0 Å². The molecule has 1 aromatic carbocycles. The topological polar surface area (TPSA) is 41.9 Å². The summed E-state index contributed by atoms with van der Waals surface area (Å²) in [5.74, 6) is 0. The van der Waals surface area contributed by atoms with Crippen LogP contribution in [0.2, 0.25) is 0 Å². The Kier molecular flexibility index (Phi) is 5.47. The third-order valence-electron chi connectivity index (χ3n) is 4.80. The van der Waals surface area contributed by atoms with Crippen LogP contribution in [0.3, 0.4) is 0 Å². The van der Waals surface area contributed by atoms with Crippen molar-refractivity contribution in [3.63, 3.8) is 0 Å². The largest absolute Gasteiger partial charge is 0.389 e. The van der Waals surface area contributed by atoms with E-state index in [0.717, 1.165) is 32.4 Å². The van der Waals surface area contributed by atoms with Crippen LogP contribution in [0.4, 0.5) is 0 Å². The number of hydrogen-bond donors (Lipinski definition) is 1. The normalized spacial score (nSPS) is 26.8. The molecule has 2 aliphatic rings. The Labute approximate surface area is 133 Å². The van der Waals surface area contributed by atoms with E-state index in [1.54, 1.807) is 0 Å². The Morgan fingerprint density at radius 3 is 3.09 bits per heavy atom. The standard InChI is InChI=1S/C18H27NO3/c1-14-18-7-3-2-5-15(18)8-9-19(14)11-16(20)12-21-13-17-6-4-10-22-17/h2-3,5,7,14,16-17,20H,4,6,8-13H2,1H3. The predicted molar refractivity (Wildman–Crippen MR) is 85.9 cm³/mol. The molecule has 0 aliphatic carbocycles. The monoisotopic (exact) mass is 305 g/mol. The molecule has 0 bridgehead atoms. The van der Waals surface area contributed by atoms with Crippen LogP contribution in [0.25, 0.3) is 0 Å². The number of aliphatic hydroxyl groups is 1. The van der Waals surface area contributed by atoms with Gasteiger partial charge < -0.3 is 14.6 Å². The summed E-state index contributed by atoms with van der Waals surface area (Å²) >= 11 is 0. The van der Waals surface area contributed by atoms with Crippen molar-refractivity contribution in [3.8, 4) is 0 Å². The third kappa shape index (κ3) is 3.87. The lowest BCUT2D eigenvalue weighted by molar-refractivity contribution is -0.0287. The number of β-amino-alcohol motifs (C(OH)–C–C–N with tert-alkyl or cyclic N) is 1. The number of rotatable bonds is 6. The van der Waals surface area contributed by atoms with Crippen LogP contribution in [-0.2, 0) is 15.9 Å². The van der Waals surface area contributed by atoms with Gasteiger partial charge in [0.05, 0.1) is 25.4 Å². The van der Waals surface area contributed by atoms with E-state index in [2.05, 4.69) is 36.1 Å². The average molecular weight is 305 g/mol. The Balaban J connectivity index is 1.44. The molecule has 2 heterocycles. The van der Waals surface area contributed by atoms with Crippen molar-refractivity contribution in [1.82, 2.24) is 4.90 Å². The first-order chi connectivity index (χ1) is 10.7. The first-order valence-electron chi connectivity index (χ1n) is 8.43. The van der Waals surface area contributed by atoms with Crippen LogP contribution in [0.15, 0.2) is 24.3 Å². The number of aliphatic hydroxyl groups excluding tert-OH is 1. The summed E-state index contributed by atoms with van der Waals surface area (Å²) in [4.78, 5) is 2.35. The predicted octanol–water partition coefficient (Wildman–Crippen LogP) is 2.16. The van der Waals surface area contributed by atoms with E-state index in [0.29, 0.717) is 25.8 Å². The Hall–Kier alpha value is -0.940. The second kappa shape index (κ2) is 7.55. The lowest BCUT2D eigenvalue weighted by Crippen LogP contribution is -2.40. The summed E-state index contributed by atoms with van der Waals surface area (Å²) in [5, 5.41) is 10.2. The molecule has 3 atom stereocenters. The molecule has 4 nitrogen and oxygen atoms in total. The highest BCUT2D eigenvalue weighted by Crippen LogP contribution is 2.29. The highest BCUT2D eigenvalue weighted by Gasteiger charge is 2.25. The average Bonchev–Trinajstić information content (AvgIpc) is 3.04. The quantitative estimate of drug-likeness (QED) is 0.874. The smallest absolute Gasteiger partial charge is 0.0900 e. The maximum Gasteiger partial charge on any atom is 0.0900 e. The molecule has 4 heteroatoms. The molecule has 3 unspecified atom stereocenters. The molecule has 0 saturated carbocycles. The molecular weight excluding hydrogens is 278 g/mol. The molecule has 0 spiro atoms. The zero-order valence-corrected chi connectivity index (χ0v) is 13.4. The maximum atomic E-state index is 10.2. The fourth-order valence-electron chi connectivity index (χ4n) is 3.51. The molecule has 1 saturated heterocycles. The second-order valence-electron chi connectivity index (χ2n) is 6.45. The SMILES string of the molecule is CC1c2ccccc2CCN1CC(O)COCC1CCCO1. The summed E-state index contributed by atoms with van der Waals surface area (Å²) in [5.41, 5.74) is 2.83. The highest BCUT2D eigenvalue weighted by molar-refractivity contribution is 5.32. The summed E-state index contributed by atoms with van der Waals surface area (Å²) < 4.78 is 11.1. The van der Waals surface area contributed by atoms with Gasteiger partial charge in [-0.1, -0.05) is 24.3 Å². The first kappa shape index (κ1) is 15.9. The van der Waals surface area contributed by atoms with Crippen LogP contribution in [0, 0.1) is 0 Å². The number of nitrogens with zero attached hydrogens (tertiary/aromatic N) is 1. The zero-order valence-electron chi connectivity index (χ0n) is 13.4. The molecular formula is C18H27NO3. The van der Waals surface area contributed by atoms with E-state index in [1.807, 2.05) is 0 Å². The van der Waals surface area contributed by atoms with Crippen LogP contribution >= 0.6 is 0 Å². The highest BCUT2D eigenvalue weighted by atomic mass is 16.5. The maximum absolute atomic E-state index is 10.2. The fourth-order valence-corrected chi connectivity index (χ4v) is 3.51. The minimum Gasteiger partial charge on any atom is -0.389 e. The van der Waals surface area contributed by atoms with Crippen molar-refractivity contribution in [2.24, 2.45) is 0 Å². The summed E-state index contributed by atoms with van der Waals surface area (Å²) in [7, 11) is 0. The van der Waals surface area contributed by atoms with Gasteiger partial charge in [0, 0.05) is 25.7 Å². The van der Waals surface area contributed by atoms with E-state index in [4.69, 9.17) is 9.47 Å². The van der Waals surface area contributed by atoms with Crippen molar-refractivity contribution in [3.05, 3.63) is 35.4 Å². The van der Waals surface area contributed by atoms with Gasteiger partial charge in [0.15, 0.2) is 0 Å². The molecule has 1 fully saturated rings. The number of fused-ring (bicyclic) bond motifs is 1. The van der Waals surface area contributed by atoms with Gasteiger partial charge in [0.2, 0.25) is 0 Å². The molecule has 1 N–H and O–H groups in total. The van der Waals surface area contributed by atoms with E-state index < -0.39 is 6.10 Å². The van der Waals surface area contributed by atoms with Crippen molar-refractivity contribution in [2.75, 3.05) is 32.9 Å². The molecule has 0 amide bonds. The van der Waals surface area contributed by atoms with Gasteiger partial charge in [-0.05, 0) is 37.3 Å².